The second-order valence-electron chi connectivity index (χ2n) is 33.9. The summed E-state index contributed by atoms with van der Waals surface area (Å²) in [6.07, 6.45) is -1.60. The summed E-state index contributed by atoms with van der Waals surface area (Å²) >= 11 is 13.7. The molecular formula is C97H109N15O17P2S2. The Kier molecular flexibility index (Phi) is 32.7. The van der Waals surface area contributed by atoms with Crippen molar-refractivity contribution < 1.29 is 81.4 Å². The molecule has 15 amide bonds. The maximum absolute atomic E-state index is 16.5. The van der Waals surface area contributed by atoms with E-state index < -0.39 is 216 Å². The zero-order valence-corrected chi connectivity index (χ0v) is 78.9. The van der Waals surface area contributed by atoms with Crippen molar-refractivity contribution in [1.82, 2.24) is 72.9 Å². The van der Waals surface area contributed by atoms with Gasteiger partial charge in [-0.25, -0.2) is 24.4 Å². The Morgan fingerprint density at radius 3 is 1.04 bits per heavy atom. The number of nitrogens with two attached hydrogens (primary N) is 1. The number of rotatable bonds is 38. The van der Waals surface area contributed by atoms with Crippen LogP contribution in [0.1, 0.15) is 123 Å². The average molecular weight is 1880 g/mol. The van der Waals surface area contributed by atoms with E-state index in [2.05, 4.69) is 63.1 Å². The molecule has 0 fully saturated rings. The van der Waals surface area contributed by atoms with Crippen LogP contribution < -0.4 is 80.1 Å². The van der Waals surface area contributed by atoms with Crippen molar-refractivity contribution in [3.63, 3.8) is 0 Å². The molecule has 13 N–H and O–H groups in total. The zero-order chi connectivity index (χ0) is 96.6. The quantitative estimate of drug-likeness (QED) is 0.0203. The third-order valence-electron chi connectivity index (χ3n) is 23.2. The lowest BCUT2D eigenvalue weighted by Crippen LogP contribution is -2.64. The average Bonchev–Trinajstić information content (AvgIpc) is 1.63. The highest BCUT2D eigenvalue weighted by molar-refractivity contribution is 8.22. The topological polar surface area (TPSA) is 456 Å². The van der Waals surface area contributed by atoms with Crippen LogP contribution in [0.4, 0.5) is 9.59 Å². The first-order valence-electron chi connectivity index (χ1n) is 43.2. The van der Waals surface area contributed by atoms with E-state index in [0.29, 0.717) is 31.0 Å². The van der Waals surface area contributed by atoms with Gasteiger partial charge in [0.2, 0.25) is 65.0 Å². The van der Waals surface area contributed by atoms with Gasteiger partial charge in [0.05, 0.1) is 12.0 Å². The Hall–Kier alpha value is -13.7. The Morgan fingerprint density at radius 1 is 0.391 bits per heavy atom. The Balaban J connectivity index is 0.976. The van der Waals surface area contributed by atoms with E-state index in [4.69, 9.17) is 38.8 Å². The minimum absolute atomic E-state index is 0.201. The van der Waals surface area contributed by atoms with E-state index in [-0.39, 0.29) is 5.69 Å². The molecule has 0 aliphatic heterocycles. The third kappa shape index (κ3) is 23.8. The number of H-pyrrole nitrogens is 1. The maximum Gasteiger partial charge on any atom is 0.417 e. The molecule has 0 bridgehead atoms. The lowest BCUT2D eigenvalue weighted by Gasteiger charge is -2.36. The summed E-state index contributed by atoms with van der Waals surface area (Å²) in [5, 5.41) is 27.8. The largest absolute Gasteiger partial charge is 0.448 e. The van der Waals surface area contributed by atoms with Crippen molar-refractivity contribution in [2.75, 3.05) is 25.5 Å². The molecule has 0 unspecified atom stereocenters. The third-order valence-corrected chi connectivity index (χ3v) is 32.9. The molecule has 133 heavy (non-hydrogen) atoms. The molecule has 11 rings (SSSR count). The minimum Gasteiger partial charge on any atom is -0.448 e. The molecule has 0 spiro atoms. The summed E-state index contributed by atoms with van der Waals surface area (Å²) < 4.78 is 12.7. The highest BCUT2D eigenvalue weighted by Crippen LogP contribution is 2.49. The number of carbonyl (C=O) groups is 15. The van der Waals surface area contributed by atoms with Gasteiger partial charge in [0.1, 0.15) is 84.7 Å². The van der Waals surface area contributed by atoms with Crippen molar-refractivity contribution in [3.05, 3.63) is 259 Å². The van der Waals surface area contributed by atoms with Gasteiger partial charge in [0.25, 0.3) is 11.8 Å². The Morgan fingerprint density at radius 2 is 0.692 bits per heavy atom. The van der Waals surface area contributed by atoms with Crippen molar-refractivity contribution >= 4 is 146 Å². The molecule has 2 aliphatic rings. The SMILES string of the molecule is CC(=O)N[C@@H](C)C(=O)N[C@@H](C)C(=O)NC(C)(C)C(=O)N[C@@H](C)C(=O)N(C(=O)OCC1c2ccccc2-c2ccccc21)[C@H](CP(=S)(c1ccccc1)c1ccccc1)C(=O)N[C@@H](C)C(=O)N[C@@H](C)C(=O)N(C(=O)OCC1c2ccccc2-c2ccccc21)[C@@H](CP(=S)(c1ccccc1)c1ccccc1)C(=O)N[C@@H](Cc1c[nH]cn1)C(=O)N[C@@H](C)C(=O)NC(C)(C)C(=O)N[C@@H](C)C(N)=O. The number of primary amides is 1. The van der Waals surface area contributed by atoms with Gasteiger partial charge in [-0.1, -0.05) is 242 Å². The molecule has 0 radical (unpaired) electrons. The Bertz CT molecular complexity index is 5800. The number of imide groups is 2. The predicted octanol–water partition coefficient (Wildman–Crippen LogP) is 5.82. The number of nitrogens with zero attached hydrogens (tertiary/aromatic N) is 3. The molecule has 9 aromatic rings. The summed E-state index contributed by atoms with van der Waals surface area (Å²) in [5.41, 5.74) is 8.44. The number of aromatic amines is 1. The zero-order valence-electron chi connectivity index (χ0n) is 75.5. The number of benzene rings is 8. The molecule has 10 atom stereocenters. The minimum atomic E-state index is -3.56. The fourth-order valence-corrected chi connectivity index (χ4v) is 23.8. The van der Waals surface area contributed by atoms with Crippen LogP contribution in [-0.2, 0) is 102 Å². The van der Waals surface area contributed by atoms with E-state index in [9.17, 15) is 33.6 Å². The number of aromatic nitrogens is 2. The van der Waals surface area contributed by atoms with Crippen LogP contribution in [0.2, 0.25) is 0 Å². The predicted molar refractivity (Wildman–Crippen MR) is 511 cm³/mol. The molecule has 1 heterocycles. The van der Waals surface area contributed by atoms with Crippen molar-refractivity contribution in [1.29, 1.82) is 0 Å². The molecule has 1 aromatic heterocycles. The van der Waals surface area contributed by atoms with Gasteiger partial charge in [0.15, 0.2) is 0 Å². The molecule has 32 nitrogen and oxygen atoms in total. The van der Waals surface area contributed by atoms with Gasteiger partial charge >= 0.3 is 12.2 Å². The highest BCUT2D eigenvalue weighted by Gasteiger charge is 2.48. The first-order valence-corrected chi connectivity index (χ1v) is 49.2. The van der Waals surface area contributed by atoms with Crippen LogP contribution in [0.15, 0.2) is 231 Å². The number of hydrogen-bond donors (Lipinski definition) is 12. The van der Waals surface area contributed by atoms with Crippen molar-refractivity contribution in [2.24, 2.45) is 5.73 Å². The van der Waals surface area contributed by atoms with Gasteiger partial charge in [-0.3, -0.25) is 62.3 Å². The number of imidazole rings is 1. The maximum atomic E-state index is 16.5. The molecule has 2 aliphatic carbocycles. The van der Waals surface area contributed by atoms with Gasteiger partial charge < -0.3 is 73.4 Å². The molecule has 36 heteroatoms. The molecular weight excluding hydrogens is 1770 g/mol. The summed E-state index contributed by atoms with van der Waals surface area (Å²) in [4.78, 5) is 229. The molecule has 0 saturated heterocycles. The van der Waals surface area contributed by atoms with E-state index in [1.54, 1.807) is 121 Å². The van der Waals surface area contributed by atoms with Crippen LogP contribution in [0.25, 0.3) is 22.3 Å². The molecule has 0 saturated carbocycles. The lowest BCUT2D eigenvalue weighted by molar-refractivity contribution is -0.143. The van der Waals surface area contributed by atoms with Crippen molar-refractivity contribution in [2.45, 2.75) is 173 Å². The number of hydrogen-bond acceptors (Lipinski definition) is 20. The van der Waals surface area contributed by atoms with E-state index in [1.165, 1.54) is 95.6 Å². The standard InChI is InChI=1S/C97H109N15O17P2S2/c1-56(82(98)114)106-92(124)96(9,10)110-86(118)60(5)103-87(119)79(49-64-50-99-55-100-64)108-89(121)81(54-131(133,67-37-21-15-22-38-67)68-39-23-16-24-40-68)112(95(127)129-52-78-75-47-31-27-43-71(75)72-44-28-32-48-76(72)78)90(122)61(6)105-84(116)58(3)104-88(120)80(53-130(132,65-33-17-13-18-34-65)66-35-19-14-20-36-66)111(94(126)128-51-77-73-45-29-25-41-69(73)70-42-26-30-46-74(70)77)91(123)62(7)107-93(125)97(11,12)109-85(117)59(4)102-83(115)57(2)101-63(8)113/h13-48,50,55-62,77-81H,49,51-54H2,1-12H3,(H2,98,114)(H,99,100)(H,101,113)(H,102,115)(H,103,119)(H,104,120)(H,105,116)(H,106,124)(H,107,125)(H,108,121)(H,109,117)(H,110,118)/t56-,57-,58-,59-,60-,61-,62-,79-,80+,81-/m0/s1. The number of carbonyl (C=O) groups excluding carboxylic acids is 15. The summed E-state index contributed by atoms with van der Waals surface area (Å²) in [7, 11) is 0. The fourth-order valence-electron chi connectivity index (χ4n) is 15.8. The molecule has 8 aromatic carbocycles. The van der Waals surface area contributed by atoms with E-state index in [1.807, 2.05) is 97.1 Å². The fraction of sp³-hybridized carbons (Fsp3) is 0.320. The molecule has 696 valence electrons. The normalized spacial score (nSPS) is 14.5. The monoisotopic (exact) mass is 1880 g/mol. The lowest BCUT2D eigenvalue weighted by atomic mass is 9.98. The van der Waals surface area contributed by atoms with Crippen LogP contribution >= 0.6 is 12.1 Å². The number of amides is 15. The van der Waals surface area contributed by atoms with Crippen LogP contribution in [-0.4, -0.2) is 206 Å². The summed E-state index contributed by atoms with van der Waals surface area (Å²) in [6.45, 7) is 14.7. The van der Waals surface area contributed by atoms with Crippen LogP contribution in [0.3, 0.4) is 0 Å². The first kappa shape index (κ1) is 99.9. The smallest absolute Gasteiger partial charge is 0.417 e. The van der Waals surface area contributed by atoms with Crippen molar-refractivity contribution in [3.8, 4) is 22.3 Å². The van der Waals surface area contributed by atoms with Crippen LogP contribution in [0.5, 0.6) is 0 Å². The number of fused-ring (bicyclic) bond motifs is 6. The van der Waals surface area contributed by atoms with Gasteiger partial charge in [-0.05, 0) is 142 Å². The van der Waals surface area contributed by atoms with E-state index >= 15 is 38.4 Å². The summed E-state index contributed by atoms with van der Waals surface area (Å²) in [6, 6.07) is 41.0. The number of nitrogens with one attached hydrogen (secondary N) is 11. The van der Waals surface area contributed by atoms with Gasteiger partial charge in [-0.2, -0.15) is 0 Å². The number of ether oxygens (including phenoxy) is 2. The van der Waals surface area contributed by atoms with Gasteiger partial charge in [0, 0.05) is 55.8 Å². The van der Waals surface area contributed by atoms with Gasteiger partial charge in [-0.15, -0.1) is 0 Å². The first-order chi connectivity index (χ1) is 63.1. The van der Waals surface area contributed by atoms with E-state index in [0.717, 1.165) is 44.5 Å². The highest BCUT2D eigenvalue weighted by atomic mass is 32.4. The second kappa shape index (κ2) is 43.6. The Labute approximate surface area is 780 Å². The summed E-state index contributed by atoms with van der Waals surface area (Å²) in [5.74, 6) is -14.0. The second-order valence-corrected chi connectivity index (χ2v) is 43.4. The van der Waals surface area contributed by atoms with Crippen LogP contribution in [0, 0.1) is 0 Å².